The summed E-state index contributed by atoms with van der Waals surface area (Å²) in [5.41, 5.74) is 1.63. The van der Waals surface area contributed by atoms with Gasteiger partial charge in [-0.3, -0.25) is 4.90 Å². The van der Waals surface area contributed by atoms with Crippen LogP contribution in [0.15, 0.2) is 24.3 Å². The Kier molecular flexibility index (Phi) is 4.80. The topological polar surface area (TPSA) is 70.1 Å². The third-order valence-electron chi connectivity index (χ3n) is 3.74. The Bertz CT molecular complexity index is 515. The van der Waals surface area contributed by atoms with E-state index in [1.54, 1.807) is 12.1 Å². The van der Waals surface area contributed by atoms with Crippen molar-refractivity contribution in [1.82, 2.24) is 9.80 Å². The molecule has 1 aromatic rings. The predicted octanol–water partition coefficient (Wildman–Crippen LogP) is 1.66. The molecule has 1 atom stereocenters. The molecule has 1 saturated heterocycles. The zero-order chi connectivity index (χ0) is 15.4. The van der Waals surface area contributed by atoms with Gasteiger partial charge < -0.3 is 14.7 Å². The van der Waals surface area contributed by atoms with Gasteiger partial charge in [-0.1, -0.05) is 12.1 Å². The van der Waals surface area contributed by atoms with Gasteiger partial charge in [0.1, 0.15) is 0 Å². The molecular weight excluding hydrogens is 272 g/mol. The molecule has 2 rings (SSSR count). The van der Waals surface area contributed by atoms with Crippen LogP contribution in [0.25, 0.3) is 0 Å². The van der Waals surface area contributed by atoms with Crippen LogP contribution in [0.1, 0.15) is 22.8 Å². The molecule has 0 radical (unpaired) electrons. The lowest BCUT2D eigenvalue weighted by Crippen LogP contribution is -2.53. The molecule has 0 unspecified atom stereocenters. The van der Waals surface area contributed by atoms with E-state index in [2.05, 4.69) is 9.64 Å². The van der Waals surface area contributed by atoms with Crippen LogP contribution in [-0.2, 0) is 11.3 Å². The summed E-state index contributed by atoms with van der Waals surface area (Å²) in [6.07, 6.45) is -0.857. The van der Waals surface area contributed by atoms with Crippen LogP contribution in [-0.4, -0.2) is 59.8 Å². The first-order valence-corrected chi connectivity index (χ1v) is 6.90. The Hall–Kier alpha value is -2.08. The molecule has 0 bridgehead atoms. The van der Waals surface area contributed by atoms with Gasteiger partial charge in [-0.25, -0.2) is 9.59 Å². The van der Waals surface area contributed by atoms with Crippen molar-refractivity contribution in [3.63, 3.8) is 0 Å². The monoisotopic (exact) mass is 292 g/mol. The van der Waals surface area contributed by atoms with E-state index >= 15 is 0 Å². The second-order valence-corrected chi connectivity index (χ2v) is 5.25. The summed E-state index contributed by atoms with van der Waals surface area (Å²) in [6, 6.07) is 7.29. The van der Waals surface area contributed by atoms with E-state index in [0.717, 1.165) is 18.7 Å². The van der Waals surface area contributed by atoms with Crippen molar-refractivity contribution < 1.29 is 19.4 Å². The molecule has 0 aliphatic carbocycles. The first kappa shape index (κ1) is 15.3. The molecule has 1 aliphatic heterocycles. The minimum atomic E-state index is -0.857. The van der Waals surface area contributed by atoms with Gasteiger partial charge in [0.15, 0.2) is 0 Å². The fraction of sp³-hybridized carbons (Fsp3) is 0.467. The van der Waals surface area contributed by atoms with Crippen LogP contribution in [0.3, 0.4) is 0 Å². The summed E-state index contributed by atoms with van der Waals surface area (Å²) >= 11 is 0. The van der Waals surface area contributed by atoms with Crippen LogP contribution in [0.2, 0.25) is 0 Å². The number of esters is 1. The number of benzene rings is 1. The second-order valence-electron chi connectivity index (χ2n) is 5.25. The maximum Gasteiger partial charge on any atom is 0.407 e. The molecule has 1 amide bonds. The summed E-state index contributed by atoms with van der Waals surface area (Å²) in [7, 11) is 1.36. The standard InChI is InChI=1S/C15H20N2O4/c1-11-9-16(7-8-17(11)15(19)20)10-12-3-5-13(6-4-12)14(18)21-2/h3-6,11H,7-10H2,1-2H3,(H,19,20)/t11-/m1/s1. The zero-order valence-corrected chi connectivity index (χ0v) is 12.3. The molecule has 1 heterocycles. The normalized spacial score (nSPS) is 19.3. The quantitative estimate of drug-likeness (QED) is 0.858. The maximum absolute atomic E-state index is 11.4. The molecule has 21 heavy (non-hydrogen) atoms. The number of hydrogen-bond acceptors (Lipinski definition) is 4. The minimum Gasteiger partial charge on any atom is -0.465 e. The van der Waals surface area contributed by atoms with Crippen LogP contribution in [0.4, 0.5) is 4.79 Å². The average Bonchev–Trinajstić information content (AvgIpc) is 2.47. The molecule has 1 fully saturated rings. The first-order chi connectivity index (χ1) is 10.0. The average molecular weight is 292 g/mol. The smallest absolute Gasteiger partial charge is 0.407 e. The number of hydrogen-bond donors (Lipinski definition) is 1. The van der Waals surface area contributed by atoms with Crippen LogP contribution >= 0.6 is 0 Å². The van der Waals surface area contributed by atoms with E-state index in [0.29, 0.717) is 18.7 Å². The van der Waals surface area contributed by atoms with Crippen LogP contribution < -0.4 is 0 Å². The number of carbonyl (C=O) groups is 2. The predicted molar refractivity (Wildman–Crippen MR) is 77.3 cm³/mol. The number of carbonyl (C=O) groups excluding carboxylic acids is 1. The molecule has 1 N–H and O–H groups in total. The fourth-order valence-corrected chi connectivity index (χ4v) is 2.58. The fourth-order valence-electron chi connectivity index (χ4n) is 2.58. The van der Waals surface area contributed by atoms with Gasteiger partial charge in [0.25, 0.3) is 0 Å². The summed E-state index contributed by atoms with van der Waals surface area (Å²) < 4.78 is 4.66. The van der Waals surface area contributed by atoms with Gasteiger partial charge in [-0.05, 0) is 24.6 Å². The Morgan fingerprint density at radius 1 is 1.29 bits per heavy atom. The Balaban J connectivity index is 1.94. The number of rotatable bonds is 3. The van der Waals surface area contributed by atoms with Crippen molar-refractivity contribution in [2.75, 3.05) is 26.7 Å². The number of methoxy groups -OCH3 is 1. The van der Waals surface area contributed by atoms with E-state index < -0.39 is 6.09 Å². The molecule has 0 aromatic heterocycles. The number of carboxylic acid groups (broad SMARTS) is 1. The van der Waals surface area contributed by atoms with Crippen molar-refractivity contribution in [3.05, 3.63) is 35.4 Å². The van der Waals surface area contributed by atoms with Crippen molar-refractivity contribution in [2.24, 2.45) is 0 Å². The third-order valence-corrected chi connectivity index (χ3v) is 3.74. The number of ether oxygens (including phenoxy) is 1. The van der Waals surface area contributed by atoms with Gasteiger partial charge in [0, 0.05) is 32.2 Å². The minimum absolute atomic E-state index is 0.00871. The number of amides is 1. The van der Waals surface area contributed by atoms with Crippen molar-refractivity contribution in [2.45, 2.75) is 19.5 Å². The summed E-state index contributed by atoms with van der Waals surface area (Å²) in [5.74, 6) is -0.342. The van der Waals surface area contributed by atoms with E-state index in [9.17, 15) is 9.59 Å². The Morgan fingerprint density at radius 2 is 1.95 bits per heavy atom. The van der Waals surface area contributed by atoms with Crippen LogP contribution in [0, 0.1) is 0 Å². The van der Waals surface area contributed by atoms with Crippen molar-refractivity contribution in [1.29, 1.82) is 0 Å². The highest BCUT2D eigenvalue weighted by Crippen LogP contribution is 2.14. The van der Waals surface area contributed by atoms with Gasteiger partial charge in [0.2, 0.25) is 0 Å². The zero-order valence-electron chi connectivity index (χ0n) is 12.3. The highest BCUT2D eigenvalue weighted by Gasteiger charge is 2.26. The lowest BCUT2D eigenvalue weighted by molar-refractivity contribution is 0.0600. The van der Waals surface area contributed by atoms with E-state index in [1.165, 1.54) is 12.0 Å². The highest BCUT2D eigenvalue weighted by atomic mass is 16.5. The van der Waals surface area contributed by atoms with Crippen LogP contribution in [0.5, 0.6) is 0 Å². The summed E-state index contributed by atoms with van der Waals surface area (Å²) in [4.78, 5) is 26.1. The SMILES string of the molecule is COC(=O)c1ccc(CN2CCN(C(=O)O)[C@H](C)C2)cc1. The molecule has 1 aromatic carbocycles. The molecule has 1 aliphatic rings. The van der Waals surface area contributed by atoms with E-state index in [1.807, 2.05) is 19.1 Å². The van der Waals surface area contributed by atoms with Gasteiger partial charge >= 0.3 is 12.1 Å². The molecule has 0 spiro atoms. The lowest BCUT2D eigenvalue weighted by Gasteiger charge is -2.38. The Labute approximate surface area is 123 Å². The summed E-state index contributed by atoms with van der Waals surface area (Å²) in [5, 5.41) is 9.05. The van der Waals surface area contributed by atoms with Crippen molar-refractivity contribution in [3.8, 4) is 0 Å². The number of piperazine rings is 1. The highest BCUT2D eigenvalue weighted by molar-refractivity contribution is 5.89. The molecule has 6 nitrogen and oxygen atoms in total. The third kappa shape index (κ3) is 3.72. The molecule has 114 valence electrons. The van der Waals surface area contributed by atoms with Gasteiger partial charge in [-0.15, -0.1) is 0 Å². The molecule has 6 heteroatoms. The largest absolute Gasteiger partial charge is 0.465 e. The van der Waals surface area contributed by atoms with Gasteiger partial charge in [0.05, 0.1) is 12.7 Å². The first-order valence-electron chi connectivity index (χ1n) is 6.90. The number of nitrogens with zero attached hydrogens (tertiary/aromatic N) is 2. The summed E-state index contributed by atoms with van der Waals surface area (Å²) in [6.45, 7) is 4.62. The van der Waals surface area contributed by atoms with Gasteiger partial charge in [-0.2, -0.15) is 0 Å². The molecule has 0 saturated carbocycles. The van der Waals surface area contributed by atoms with E-state index in [4.69, 9.17) is 5.11 Å². The molecular formula is C15H20N2O4. The maximum atomic E-state index is 11.4. The second kappa shape index (κ2) is 6.58. The van der Waals surface area contributed by atoms with Crippen molar-refractivity contribution >= 4 is 12.1 Å². The van der Waals surface area contributed by atoms with E-state index in [-0.39, 0.29) is 12.0 Å². The lowest BCUT2D eigenvalue weighted by atomic mass is 10.1. The Morgan fingerprint density at radius 3 is 2.48 bits per heavy atom.